The van der Waals surface area contributed by atoms with Crippen LogP contribution >= 0.6 is 11.3 Å². The lowest BCUT2D eigenvalue weighted by atomic mass is 9.98. The molecular weight excluding hydrogens is 323 g/mol. The monoisotopic (exact) mass is 340 g/mol. The van der Waals surface area contributed by atoms with Crippen LogP contribution in [0.4, 0.5) is 4.39 Å². The van der Waals surface area contributed by atoms with Crippen LogP contribution < -0.4 is 4.72 Å². The van der Waals surface area contributed by atoms with Crippen LogP contribution in [0.15, 0.2) is 24.3 Å². The fourth-order valence-corrected chi connectivity index (χ4v) is 4.55. The zero-order chi connectivity index (χ0) is 15.7. The molecule has 2 aromatic rings. The van der Waals surface area contributed by atoms with Gasteiger partial charge in [0.25, 0.3) is 0 Å². The van der Waals surface area contributed by atoms with E-state index in [1.165, 1.54) is 12.1 Å². The SMILES string of the molecule is CCS(=O)(=O)N[C@@H]1CCCc2sc(-c3ccc(F)cc3)nc21. The van der Waals surface area contributed by atoms with E-state index in [4.69, 9.17) is 0 Å². The molecule has 0 saturated carbocycles. The van der Waals surface area contributed by atoms with Gasteiger partial charge in [0.15, 0.2) is 0 Å². The van der Waals surface area contributed by atoms with E-state index < -0.39 is 10.0 Å². The van der Waals surface area contributed by atoms with Crippen molar-refractivity contribution in [2.75, 3.05) is 5.75 Å². The highest BCUT2D eigenvalue weighted by Crippen LogP contribution is 2.37. The third-order valence-corrected chi connectivity index (χ3v) is 6.33. The third-order valence-electron chi connectivity index (χ3n) is 3.75. The van der Waals surface area contributed by atoms with E-state index in [0.29, 0.717) is 0 Å². The van der Waals surface area contributed by atoms with E-state index >= 15 is 0 Å². The molecule has 0 fully saturated rings. The number of nitrogens with zero attached hydrogens (tertiary/aromatic N) is 1. The number of fused-ring (bicyclic) bond motifs is 1. The standard InChI is InChI=1S/C15H17FN2O2S2/c1-2-22(19,20)18-12-4-3-5-13-14(12)17-15(21-13)10-6-8-11(16)9-7-10/h6-9,12,18H,2-5H2,1H3/t12-/m1/s1. The van der Waals surface area contributed by atoms with Crippen molar-refractivity contribution >= 4 is 21.4 Å². The molecule has 0 aliphatic heterocycles. The van der Waals surface area contributed by atoms with Crippen LogP contribution in [0.25, 0.3) is 10.6 Å². The number of hydrogen-bond donors (Lipinski definition) is 1. The Hall–Kier alpha value is -1.31. The number of thiazole rings is 1. The first-order chi connectivity index (χ1) is 10.5. The van der Waals surface area contributed by atoms with Crippen LogP contribution in [-0.2, 0) is 16.4 Å². The Kier molecular flexibility index (Phi) is 4.29. The maximum absolute atomic E-state index is 13.0. The van der Waals surface area contributed by atoms with Gasteiger partial charge in [0.2, 0.25) is 10.0 Å². The number of sulfonamides is 1. The molecule has 22 heavy (non-hydrogen) atoms. The predicted octanol–water partition coefficient (Wildman–Crippen LogP) is 3.27. The molecule has 0 unspecified atom stereocenters. The Morgan fingerprint density at radius 1 is 1.36 bits per heavy atom. The van der Waals surface area contributed by atoms with Crippen molar-refractivity contribution in [2.24, 2.45) is 0 Å². The molecule has 1 aliphatic rings. The molecule has 0 radical (unpaired) electrons. The van der Waals surface area contributed by atoms with Gasteiger partial charge >= 0.3 is 0 Å². The summed E-state index contributed by atoms with van der Waals surface area (Å²) in [6.07, 6.45) is 2.62. The molecule has 1 N–H and O–H groups in total. The average molecular weight is 340 g/mol. The van der Waals surface area contributed by atoms with E-state index in [1.54, 1.807) is 30.4 Å². The largest absolute Gasteiger partial charge is 0.239 e. The molecule has 1 heterocycles. The normalized spacial score (nSPS) is 18.2. The average Bonchev–Trinajstić information content (AvgIpc) is 2.93. The Morgan fingerprint density at radius 2 is 2.09 bits per heavy atom. The highest BCUT2D eigenvalue weighted by Gasteiger charge is 2.27. The van der Waals surface area contributed by atoms with E-state index in [0.717, 1.165) is 40.4 Å². The smallest absolute Gasteiger partial charge is 0.211 e. The van der Waals surface area contributed by atoms with E-state index in [-0.39, 0.29) is 17.6 Å². The second-order valence-electron chi connectivity index (χ2n) is 5.30. The van der Waals surface area contributed by atoms with Crippen LogP contribution in [0.1, 0.15) is 36.4 Å². The lowest BCUT2D eigenvalue weighted by Gasteiger charge is -2.21. The summed E-state index contributed by atoms with van der Waals surface area (Å²) in [5.41, 5.74) is 1.69. The first-order valence-electron chi connectivity index (χ1n) is 7.24. The zero-order valence-electron chi connectivity index (χ0n) is 12.2. The molecule has 4 nitrogen and oxygen atoms in total. The first kappa shape index (κ1) is 15.6. The molecule has 1 aromatic carbocycles. The summed E-state index contributed by atoms with van der Waals surface area (Å²) in [7, 11) is -3.26. The highest BCUT2D eigenvalue weighted by atomic mass is 32.2. The molecule has 0 amide bonds. The maximum Gasteiger partial charge on any atom is 0.211 e. The van der Waals surface area contributed by atoms with Crippen LogP contribution in [0, 0.1) is 5.82 Å². The first-order valence-corrected chi connectivity index (χ1v) is 9.71. The molecule has 0 spiro atoms. The van der Waals surface area contributed by atoms with Gasteiger partial charge in [-0.15, -0.1) is 11.3 Å². The van der Waals surface area contributed by atoms with Gasteiger partial charge in [-0.2, -0.15) is 0 Å². The molecule has 118 valence electrons. The summed E-state index contributed by atoms with van der Waals surface area (Å²) in [6.45, 7) is 1.62. The van der Waals surface area contributed by atoms with E-state index in [1.807, 2.05) is 0 Å². The van der Waals surface area contributed by atoms with E-state index in [2.05, 4.69) is 9.71 Å². The fraction of sp³-hybridized carbons (Fsp3) is 0.400. The summed E-state index contributed by atoms with van der Waals surface area (Å²) in [6, 6.07) is 5.97. The molecule has 1 aromatic heterocycles. The van der Waals surface area contributed by atoms with Gasteiger partial charge < -0.3 is 0 Å². The number of benzene rings is 1. The minimum Gasteiger partial charge on any atom is -0.239 e. The second kappa shape index (κ2) is 6.06. The van der Waals surface area contributed by atoms with Gasteiger partial charge in [-0.1, -0.05) is 0 Å². The Balaban J connectivity index is 1.93. The Morgan fingerprint density at radius 3 is 2.77 bits per heavy atom. The van der Waals surface area contributed by atoms with Crippen molar-refractivity contribution in [1.82, 2.24) is 9.71 Å². The topological polar surface area (TPSA) is 59.1 Å². The molecular formula is C15H17FN2O2S2. The van der Waals surface area contributed by atoms with Gasteiger partial charge in [-0.05, 0) is 50.5 Å². The molecule has 0 bridgehead atoms. The number of rotatable bonds is 4. The second-order valence-corrected chi connectivity index (χ2v) is 8.43. The summed E-state index contributed by atoms with van der Waals surface area (Å²) in [5.74, 6) is -0.216. The van der Waals surface area contributed by atoms with E-state index in [9.17, 15) is 12.8 Å². The lowest BCUT2D eigenvalue weighted by Crippen LogP contribution is -2.32. The lowest BCUT2D eigenvalue weighted by molar-refractivity contribution is 0.503. The van der Waals surface area contributed by atoms with Gasteiger partial charge in [-0.3, -0.25) is 0 Å². The van der Waals surface area contributed by atoms with Gasteiger partial charge in [0, 0.05) is 10.4 Å². The quantitative estimate of drug-likeness (QED) is 0.929. The van der Waals surface area contributed by atoms with Gasteiger partial charge in [0.05, 0.1) is 17.5 Å². The molecule has 1 aliphatic carbocycles. The highest BCUT2D eigenvalue weighted by molar-refractivity contribution is 7.89. The van der Waals surface area contributed by atoms with Crippen molar-refractivity contribution < 1.29 is 12.8 Å². The minimum absolute atomic E-state index is 0.0633. The van der Waals surface area contributed by atoms with Crippen molar-refractivity contribution in [1.29, 1.82) is 0 Å². The number of hydrogen-bond acceptors (Lipinski definition) is 4. The Bertz CT molecular complexity index is 769. The van der Waals surface area contributed by atoms with Crippen molar-refractivity contribution in [3.63, 3.8) is 0 Å². The molecule has 0 saturated heterocycles. The predicted molar refractivity (Wildman–Crippen MR) is 85.8 cm³/mol. The third kappa shape index (κ3) is 3.21. The van der Waals surface area contributed by atoms with Crippen LogP contribution in [-0.4, -0.2) is 19.2 Å². The maximum atomic E-state index is 13.0. The summed E-state index contributed by atoms with van der Waals surface area (Å²) < 4.78 is 39.4. The number of aryl methyl sites for hydroxylation is 1. The number of aromatic nitrogens is 1. The zero-order valence-corrected chi connectivity index (χ0v) is 13.8. The molecule has 3 rings (SSSR count). The van der Waals surface area contributed by atoms with Crippen LogP contribution in [0.2, 0.25) is 0 Å². The van der Waals surface area contributed by atoms with Gasteiger partial charge in [-0.25, -0.2) is 22.5 Å². The van der Waals surface area contributed by atoms with Gasteiger partial charge in [0.1, 0.15) is 10.8 Å². The number of nitrogens with one attached hydrogen (secondary N) is 1. The van der Waals surface area contributed by atoms with Crippen molar-refractivity contribution in [2.45, 2.75) is 32.2 Å². The summed E-state index contributed by atoms with van der Waals surface area (Å²) in [5, 5.41) is 0.813. The molecule has 1 atom stereocenters. The van der Waals surface area contributed by atoms with Crippen LogP contribution in [0.3, 0.4) is 0 Å². The summed E-state index contributed by atoms with van der Waals surface area (Å²) >= 11 is 1.56. The minimum atomic E-state index is -3.26. The Labute approximate surface area is 133 Å². The fourth-order valence-electron chi connectivity index (χ4n) is 2.55. The van der Waals surface area contributed by atoms with Crippen molar-refractivity contribution in [3.05, 3.63) is 40.7 Å². The number of halogens is 1. The van der Waals surface area contributed by atoms with Crippen molar-refractivity contribution in [3.8, 4) is 10.6 Å². The molecule has 7 heteroatoms. The van der Waals surface area contributed by atoms with Crippen LogP contribution in [0.5, 0.6) is 0 Å². The summed E-state index contributed by atoms with van der Waals surface area (Å²) in [4.78, 5) is 5.74.